The van der Waals surface area contributed by atoms with Gasteiger partial charge in [-0.2, -0.15) is 0 Å². The van der Waals surface area contributed by atoms with Crippen molar-refractivity contribution in [2.45, 2.75) is 43.9 Å². The number of rotatable bonds is 6. The van der Waals surface area contributed by atoms with E-state index in [4.69, 9.17) is 0 Å². The van der Waals surface area contributed by atoms with Crippen LogP contribution in [-0.2, 0) is 11.3 Å². The number of carbonyl (C=O) groups excluding carboxylic acids is 2. The standard InChI is InChI=1S/C24H29FN4O2S/c25-18-5-3-17(4-6-18)15-28(19-7-8-19)20-14-21(23(30)27-11-9-26-10-12-27)29(16-20)24(31)22-2-1-13-32-22/h1-6,13,19-21,26H,7-12,14-16H2. The van der Waals surface area contributed by atoms with Gasteiger partial charge in [-0.25, -0.2) is 4.39 Å². The smallest absolute Gasteiger partial charge is 0.264 e. The van der Waals surface area contributed by atoms with E-state index >= 15 is 0 Å². The molecular weight excluding hydrogens is 427 g/mol. The molecule has 3 fully saturated rings. The van der Waals surface area contributed by atoms with E-state index in [-0.39, 0.29) is 23.7 Å². The molecule has 1 aliphatic carbocycles. The normalized spacial score (nSPS) is 23.7. The van der Waals surface area contributed by atoms with Gasteiger partial charge in [-0.1, -0.05) is 18.2 Å². The Labute approximate surface area is 192 Å². The Kier molecular flexibility index (Phi) is 6.26. The number of piperazine rings is 1. The van der Waals surface area contributed by atoms with Gasteiger partial charge < -0.3 is 15.1 Å². The van der Waals surface area contributed by atoms with Gasteiger partial charge in [0.05, 0.1) is 4.88 Å². The fraction of sp³-hybridized carbons (Fsp3) is 0.500. The van der Waals surface area contributed by atoms with Crippen molar-refractivity contribution in [3.63, 3.8) is 0 Å². The summed E-state index contributed by atoms with van der Waals surface area (Å²) in [6.07, 6.45) is 2.91. The molecule has 2 amide bonds. The van der Waals surface area contributed by atoms with Crippen molar-refractivity contribution in [3.8, 4) is 0 Å². The van der Waals surface area contributed by atoms with Crippen molar-refractivity contribution in [1.82, 2.24) is 20.0 Å². The lowest BCUT2D eigenvalue weighted by Gasteiger charge is -2.32. The zero-order valence-corrected chi connectivity index (χ0v) is 18.9. The van der Waals surface area contributed by atoms with Crippen LogP contribution in [0.1, 0.15) is 34.5 Å². The minimum Gasteiger partial charge on any atom is -0.338 e. The van der Waals surface area contributed by atoms with Gasteiger partial charge in [0.15, 0.2) is 0 Å². The Morgan fingerprint density at radius 2 is 1.84 bits per heavy atom. The van der Waals surface area contributed by atoms with E-state index in [9.17, 15) is 14.0 Å². The highest BCUT2D eigenvalue weighted by molar-refractivity contribution is 7.12. The zero-order valence-electron chi connectivity index (χ0n) is 18.1. The van der Waals surface area contributed by atoms with E-state index in [1.165, 1.54) is 23.5 Å². The van der Waals surface area contributed by atoms with E-state index < -0.39 is 6.04 Å². The number of hydrogen-bond donors (Lipinski definition) is 1. The maximum Gasteiger partial charge on any atom is 0.264 e. The second kappa shape index (κ2) is 9.29. The zero-order chi connectivity index (χ0) is 22.1. The van der Waals surface area contributed by atoms with Crippen LogP contribution < -0.4 is 5.32 Å². The monoisotopic (exact) mass is 456 g/mol. The summed E-state index contributed by atoms with van der Waals surface area (Å²) >= 11 is 1.42. The fourth-order valence-electron chi connectivity index (χ4n) is 4.91. The molecule has 3 heterocycles. The molecule has 0 radical (unpaired) electrons. The summed E-state index contributed by atoms with van der Waals surface area (Å²) < 4.78 is 13.4. The summed E-state index contributed by atoms with van der Waals surface area (Å²) in [5, 5.41) is 5.19. The molecule has 2 saturated heterocycles. The van der Waals surface area contributed by atoms with Gasteiger partial charge >= 0.3 is 0 Å². The molecule has 6 nitrogen and oxygen atoms in total. The summed E-state index contributed by atoms with van der Waals surface area (Å²) in [4.78, 5) is 33.7. The number of nitrogens with one attached hydrogen (secondary N) is 1. The molecule has 170 valence electrons. The predicted octanol–water partition coefficient (Wildman–Crippen LogP) is 2.57. The molecule has 2 aromatic rings. The topological polar surface area (TPSA) is 55.9 Å². The first-order valence-corrected chi connectivity index (χ1v) is 12.3. The molecule has 0 bridgehead atoms. The largest absolute Gasteiger partial charge is 0.338 e. The van der Waals surface area contributed by atoms with Crippen LogP contribution in [0.25, 0.3) is 0 Å². The molecular formula is C24H29FN4O2S. The molecule has 8 heteroatoms. The molecule has 0 spiro atoms. The van der Waals surface area contributed by atoms with Crippen LogP contribution in [0.4, 0.5) is 4.39 Å². The maximum atomic E-state index is 13.5. The Balaban J connectivity index is 1.38. The molecule has 5 rings (SSSR count). The van der Waals surface area contributed by atoms with Gasteiger partial charge in [0, 0.05) is 51.4 Å². The second-order valence-corrected chi connectivity index (χ2v) is 9.89. The lowest BCUT2D eigenvalue weighted by Crippen LogP contribution is -2.53. The van der Waals surface area contributed by atoms with Gasteiger partial charge in [0.2, 0.25) is 5.91 Å². The van der Waals surface area contributed by atoms with Crippen molar-refractivity contribution < 1.29 is 14.0 Å². The van der Waals surface area contributed by atoms with Crippen molar-refractivity contribution in [2.24, 2.45) is 0 Å². The van der Waals surface area contributed by atoms with E-state index in [0.717, 1.165) is 31.5 Å². The lowest BCUT2D eigenvalue weighted by molar-refractivity contribution is -0.135. The van der Waals surface area contributed by atoms with Crippen molar-refractivity contribution >= 4 is 23.2 Å². The minimum atomic E-state index is -0.429. The van der Waals surface area contributed by atoms with Gasteiger partial charge in [-0.3, -0.25) is 14.5 Å². The summed E-state index contributed by atoms with van der Waals surface area (Å²) in [7, 11) is 0. The molecule has 2 atom stereocenters. The van der Waals surface area contributed by atoms with E-state index in [1.807, 2.05) is 34.5 Å². The minimum absolute atomic E-state index is 0.0477. The van der Waals surface area contributed by atoms with E-state index in [2.05, 4.69) is 10.2 Å². The van der Waals surface area contributed by atoms with Gasteiger partial charge in [-0.15, -0.1) is 11.3 Å². The predicted molar refractivity (Wildman–Crippen MR) is 122 cm³/mol. The third-order valence-electron chi connectivity index (χ3n) is 6.75. The van der Waals surface area contributed by atoms with E-state index in [1.54, 1.807) is 4.90 Å². The van der Waals surface area contributed by atoms with Crippen molar-refractivity contribution in [3.05, 3.63) is 58.0 Å². The Morgan fingerprint density at radius 1 is 1.09 bits per heavy atom. The average Bonchev–Trinajstić information content (AvgIpc) is 3.33. The summed E-state index contributed by atoms with van der Waals surface area (Å²) in [5.74, 6) is -0.216. The Hall–Kier alpha value is -2.29. The summed E-state index contributed by atoms with van der Waals surface area (Å²) in [5.41, 5.74) is 1.06. The van der Waals surface area contributed by atoms with Crippen LogP contribution in [0.2, 0.25) is 0 Å². The van der Waals surface area contributed by atoms with Crippen molar-refractivity contribution in [2.75, 3.05) is 32.7 Å². The van der Waals surface area contributed by atoms with Gasteiger partial charge in [-0.05, 0) is 48.4 Å². The van der Waals surface area contributed by atoms with Crippen LogP contribution >= 0.6 is 11.3 Å². The van der Waals surface area contributed by atoms with E-state index in [0.29, 0.717) is 43.5 Å². The molecule has 1 aromatic carbocycles. The molecule has 2 unspecified atom stereocenters. The Bertz CT molecular complexity index is 941. The van der Waals surface area contributed by atoms with Crippen LogP contribution in [0, 0.1) is 5.82 Å². The second-order valence-electron chi connectivity index (χ2n) is 8.95. The number of benzene rings is 1. The number of likely N-dealkylation sites (tertiary alicyclic amines) is 1. The van der Waals surface area contributed by atoms with Gasteiger partial charge in [0.25, 0.3) is 5.91 Å². The summed E-state index contributed by atoms with van der Waals surface area (Å²) in [6.45, 7) is 4.22. The SMILES string of the molecule is O=C(C1CC(N(Cc2ccc(F)cc2)C2CC2)CN1C(=O)c1cccs1)N1CCNCC1. The van der Waals surface area contributed by atoms with Gasteiger partial charge in [0.1, 0.15) is 11.9 Å². The average molecular weight is 457 g/mol. The highest BCUT2D eigenvalue weighted by atomic mass is 32.1. The highest BCUT2D eigenvalue weighted by Crippen LogP contribution is 2.35. The quantitative estimate of drug-likeness (QED) is 0.726. The molecule has 2 aliphatic heterocycles. The van der Waals surface area contributed by atoms with Crippen molar-refractivity contribution in [1.29, 1.82) is 0 Å². The fourth-order valence-corrected chi connectivity index (χ4v) is 5.59. The third-order valence-corrected chi connectivity index (χ3v) is 7.61. The molecule has 1 aromatic heterocycles. The lowest BCUT2D eigenvalue weighted by atomic mass is 10.1. The number of carbonyl (C=O) groups is 2. The first-order chi connectivity index (χ1) is 15.6. The van der Waals surface area contributed by atoms with Crippen LogP contribution in [-0.4, -0.2) is 77.4 Å². The highest BCUT2D eigenvalue weighted by Gasteiger charge is 2.46. The summed E-state index contributed by atoms with van der Waals surface area (Å²) in [6, 6.07) is 10.5. The van der Waals surface area contributed by atoms with Crippen LogP contribution in [0.15, 0.2) is 41.8 Å². The molecule has 3 aliphatic rings. The number of halogens is 1. The first kappa shape index (κ1) is 21.6. The van der Waals surface area contributed by atoms with Crippen LogP contribution in [0.5, 0.6) is 0 Å². The number of amides is 2. The first-order valence-electron chi connectivity index (χ1n) is 11.4. The number of hydrogen-bond acceptors (Lipinski definition) is 5. The van der Waals surface area contributed by atoms with Crippen LogP contribution in [0.3, 0.4) is 0 Å². The third kappa shape index (κ3) is 4.58. The molecule has 1 saturated carbocycles. The number of thiophene rings is 1. The maximum absolute atomic E-state index is 13.5. The number of nitrogens with zero attached hydrogens (tertiary/aromatic N) is 3. The Morgan fingerprint density at radius 3 is 2.50 bits per heavy atom. The molecule has 1 N–H and O–H groups in total. The molecule has 32 heavy (non-hydrogen) atoms.